The van der Waals surface area contributed by atoms with Gasteiger partial charge in [-0.15, -0.1) is 24.0 Å². The van der Waals surface area contributed by atoms with Crippen molar-refractivity contribution in [2.24, 2.45) is 4.99 Å². The number of aromatic nitrogens is 2. The van der Waals surface area contributed by atoms with E-state index in [1.165, 1.54) is 5.56 Å². The molecule has 0 saturated heterocycles. The van der Waals surface area contributed by atoms with Gasteiger partial charge in [-0.3, -0.25) is 0 Å². The van der Waals surface area contributed by atoms with Gasteiger partial charge in [-0.1, -0.05) is 12.1 Å². The van der Waals surface area contributed by atoms with Crippen molar-refractivity contribution in [1.82, 2.24) is 20.2 Å². The number of ether oxygens (including phenoxy) is 2. The van der Waals surface area contributed by atoms with E-state index in [0.29, 0.717) is 19.8 Å². The second-order valence-electron chi connectivity index (χ2n) is 6.58. The van der Waals surface area contributed by atoms with Gasteiger partial charge in [-0.05, 0) is 31.9 Å². The van der Waals surface area contributed by atoms with Gasteiger partial charge < -0.3 is 24.7 Å². The van der Waals surface area contributed by atoms with Crippen LogP contribution in [0.15, 0.2) is 41.9 Å². The fourth-order valence-corrected chi connectivity index (χ4v) is 2.71. The third kappa shape index (κ3) is 9.98. The molecule has 1 aromatic heterocycles. The number of halogens is 1. The summed E-state index contributed by atoms with van der Waals surface area (Å²) in [5.74, 6) is 1.72. The van der Waals surface area contributed by atoms with Crippen LogP contribution in [-0.2, 0) is 17.8 Å². The van der Waals surface area contributed by atoms with Crippen LogP contribution < -0.4 is 15.4 Å². The molecular formula is C21H34IN5O2. The lowest BCUT2D eigenvalue weighted by atomic mass is 10.1. The molecule has 0 bridgehead atoms. The predicted octanol–water partition coefficient (Wildman–Crippen LogP) is 3.37. The van der Waals surface area contributed by atoms with Crippen molar-refractivity contribution in [2.45, 2.75) is 39.8 Å². The average molecular weight is 515 g/mol. The highest BCUT2D eigenvalue weighted by Crippen LogP contribution is 2.21. The Labute approximate surface area is 191 Å². The van der Waals surface area contributed by atoms with Gasteiger partial charge in [0.15, 0.2) is 5.96 Å². The molecule has 1 heterocycles. The van der Waals surface area contributed by atoms with Crippen LogP contribution in [0, 0.1) is 6.92 Å². The van der Waals surface area contributed by atoms with E-state index >= 15 is 0 Å². The lowest BCUT2D eigenvalue weighted by Gasteiger charge is -2.14. The number of hydrogen-bond donors (Lipinski definition) is 2. The smallest absolute Gasteiger partial charge is 0.191 e. The normalized spacial score (nSPS) is 11.1. The second kappa shape index (κ2) is 15.1. The van der Waals surface area contributed by atoms with Crippen LogP contribution >= 0.6 is 24.0 Å². The number of nitrogens with one attached hydrogen (secondary N) is 2. The van der Waals surface area contributed by atoms with E-state index in [2.05, 4.69) is 52.2 Å². The molecule has 0 radical (unpaired) electrons. The molecule has 162 valence electrons. The van der Waals surface area contributed by atoms with Crippen molar-refractivity contribution in [3.8, 4) is 5.75 Å². The Bertz CT molecular complexity index is 707. The topological polar surface area (TPSA) is 72.7 Å². The number of methoxy groups -OCH3 is 1. The van der Waals surface area contributed by atoms with Crippen LogP contribution in [0.2, 0.25) is 0 Å². The highest BCUT2D eigenvalue weighted by atomic mass is 127. The fraction of sp³-hybridized carbons (Fsp3) is 0.524. The molecule has 0 fully saturated rings. The van der Waals surface area contributed by atoms with Crippen LogP contribution in [0.25, 0.3) is 0 Å². The Hall–Kier alpha value is -1.81. The first kappa shape index (κ1) is 25.2. The zero-order valence-corrected chi connectivity index (χ0v) is 20.0. The first-order valence-corrected chi connectivity index (χ1v) is 9.92. The third-order valence-electron chi connectivity index (χ3n) is 4.17. The number of hydrogen-bond acceptors (Lipinski definition) is 4. The molecule has 2 N–H and O–H groups in total. The van der Waals surface area contributed by atoms with Gasteiger partial charge in [0.05, 0.1) is 19.5 Å². The Kier molecular flexibility index (Phi) is 13.1. The van der Waals surface area contributed by atoms with E-state index in [0.717, 1.165) is 49.7 Å². The molecular weight excluding hydrogens is 481 g/mol. The van der Waals surface area contributed by atoms with E-state index in [4.69, 9.17) is 14.5 Å². The number of imidazole rings is 1. The number of aliphatic imine (C=N–C) groups is 1. The Balaban J connectivity index is 0.00000420. The molecule has 0 spiro atoms. The standard InChI is InChI=1S/C21H33N5O2.HI/c1-4-23-21(24-9-5-11-26-12-10-22-17-26)25-16-19-8-7-18(2)15-20(19)28-14-6-13-27-3;/h7-8,10,12,15,17H,4-6,9,11,13-14,16H2,1-3H3,(H2,23,24,25);1H. The van der Waals surface area contributed by atoms with Crippen LogP contribution in [0.4, 0.5) is 0 Å². The molecule has 7 nitrogen and oxygen atoms in total. The number of benzene rings is 1. The zero-order valence-electron chi connectivity index (χ0n) is 17.7. The molecule has 0 aliphatic rings. The third-order valence-corrected chi connectivity index (χ3v) is 4.17. The first-order chi connectivity index (χ1) is 13.7. The van der Waals surface area contributed by atoms with Crippen LogP contribution in [0.1, 0.15) is 30.9 Å². The number of guanidine groups is 1. The quantitative estimate of drug-likeness (QED) is 0.196. The zero-order chi connectivity index (χ0) is 20.0. The van der Waals surface area contributed by atoms with E-state index in [-0.39, 0.29) is 24.0 Å². The van der Waals surface area contributed by atoms with Crippen molar-refractivity contribution in [3.05, 3.63) is 48.0 Å². The largest absolute Gasteiger partial charge is 0.493 e. The molecule has 2 aromatic rings. The van der Waals surface area contributed by atoms with Gasteiger partial charge in [0.2, 0.25) is 0 Å². The summed E-state index contributed by atoms with van der Waals surface area (Å²) >= 11 is 0. The van der Waals surface area contributed by atoms with Crippen LogP contribution in [-0.4, -0.2) is 48.9 Å². The van der Waals surface area contributed by atoms with Crippen LogP contribution in [0.5, 0.6) is 5.75 Å². The second-order valence-corrected chi connectivity index (χ2v) is 6.58. The lowest BCUT2D eigenvalue weighted by molar-refractivity contribution is 0.172. The Morgan fingerprint density at radius 3 is 2.79 bits per heavy atom. The maximum Gasteiger partial charge on any atom is 0.191 e. The number of nitrogens with zero attached hydrogens (tertiary/aromatic N) is 3. The van der Waals surface area contributed by atoms with Gasteiger partial charge in [0, 0.05) is 57.7 Å². The Morgan fingerprint density at radius 1 is 1.21 bits per heavy atom. The number of aryl methyl sites for hydroxylation is 2. The fourth-order valence-electron chi connectivity index (χ4n) is 2.71. The summed E-state index contributed by atoms with van der Waals surface area (Å²) in [7, 11) is 1.71. The minimum Gasteiger partial charge on any atom is -0.493 e. The summed E-state index contributed by atoms with van der Waals surface area (Å²) in [6, 6.07) is 6.26. The molecule has 8 heteroatoms. The van der Waals surface area contributed by atoms with Crippen LogP contribution in [0.3, 0.4) is 0 Å². The monoisotopic (exact) mass is 515 g/mol. The van der Waals surface area contributed by atoms with Gasteiger partial charge in [-0.2, -0.15) is 0 Å². The minimum absolute atomic E-state index is 0. The van der Waals surface area contributed by atoms with Crippen molar-refractivity contribution in [3.63, 3.8) is 0 Å². The lowest BCUT2D eigenvalue weighted by Crippen LogP contribution is -2.38. The van der Waals surface area contributed by atoms with Crippen molar-refractivity contribution < 1.29 is 9.47 Å². The van der Waals surface area contributed by atoms with Gasteiger partial charge in [0.1, 0.15) is 5.75 Å². The van der Waals surface area contributed by atoms with Gasteiger partial charge >= 0.3 is 0 Å². The van der Waals surface area contributed by atoms with Crippen molar-refractivity contribution >= 4 is 29.9 Å². The molecule has 0 aliphatic carbocycles. The summed E-state index contributed by atoms with van der Waals surface area (Å²) in [6.07, 6.45) is 7.48. The maximum absolute atomic E-state index is 5.95. The molecule has 0 aliphatic heterocycles. The SMILES string of the molecule is CCNC(=NCc1ccc(C)cc1OCCCOC)NCCCn1ccnc1.I. The molecule has 1 aromatic carbocycles. The summed E-state index contributed by atoms with van der Waals surface area (Å²) in [5, 5.41) is 6.69. The molecule has 0 unspecified atom stereocenters. The van der Waals surface area contributed by atoms with Gasteiger partial charge in [-0.25, -0.2) is 9.98 Å². The summed E-state index contributed by atoms with van der Waals surface area (Å²) < 4.78 is 13.1. The van der Waals surface area contributed by atoms with E-state index < -0.39 is 0 Å². The number of rotatable bonds is 12. The highest BCUT2D eigenvalue weighted by molar-refractivity contribution is 14.0. The maximum atomic E-state index is 5.95. The highest BCUT2D eigenvalue weighted by Gasteiger charge is 2.05. The summed E-state index contributed by atoms with van der Waals surface area (Å²) in [6.45, 7) is 8.65. The summed E-state index contributed by atoms with van der Waals surface area (Å²) in [5.41, 5.74) is 2.26. The molecule has 0 saturated carbocycles. The van der Waals surface area contributed by atoms with Gasteiger partial charge in [0.25, 0.3) is 0 Å². The predicted molar refractivity (Wildman–Crippen MR) is 128 cm³/mol. The minimum atomic E-state index is 0. The van der Waals surface area contributed by atoms with E-state index in [9.17, 15) is 0 Å². The van der Waals surface area contributed by atoms with Crippen molar-refractivity contribution in [2.75, 3.05) is 33.4 Å². The molecule has 0 atom stereocenters. The molecule has 0 amide bonds. The van der Waals surface area contributed by atoms with Crippen molar-refractivity contribution in [1.29, 1.82) is 0 Å². The van der Waals surface area contributed by atoms with E-state index in [1.807, 2.05) is 12.5 Å². The molecule has 2 rings (SSSR count). The Morgan fingerprint density at radius 2 is 2.07 bits per heavy atom. The van der Waals surface area contributed by atoms with E-state index in [1.54, 1.807) is 13.3 Å². The summed E-state index contributed by atoms with van der Waals surface area (Å²) in [4.78, 5) is 8.79. The first-order valence-electron chi connectivity index (χ1n) is 9.92. The molecule has 29 heavy (non-hydrogen) atoms. The average Bonchev–Trinajstić information content (AvgIpc) is 3.21.